The highest BCUT2D eigenvalue weighted by Gasteiger charge is 2.32. The molecule has 2 atom stereocenters. The van der Waals surface area contributed by atoms with Gasteiger partial charge in [-0.3, -0.25) is 19.5 Å². The molecule has 0 aromatic carbocycles. The molecule has 0 aliphatic carbocycles. The van der Waals surface area contributed by atoms with E-state index in [0.717, 1.165) is 63.2 Å². The van der Waals surface area contributed by atoms with Crippen molar-refractivity contribution in [3.63, 3.8) is 0 Å². The van der Waals surface area contributed by atoms with E-state index in [1.165, 1.54) is 0 Å². The molecule has 28 heavy (non-hydrogen) atoms. The topological polar surface area (TPSA) is 83.6 Å². The first-order valence-electron chi connectivity index (χ1n) is 10.3. The largest absolute Gasteiger partial charge is 0.381 e. The van der Waals surface area contributed by atoms with Gasteiger partial charge in [0.25, 0.3) is 0 Å². The third kappa shape index (κ3) is 6.01. The number of amides is 2. The van der Waals surface area contributed by atoms with Gasteiger partial charge in [-0.2, -0.15) is 0 Å². The van der Waals surface area contributed by atoms with Gasteiger partial charge in [0.15, 0.2) is 0 Å². The van der Waals surface area contributed by atoms with Crippen LogP contribution in [0.2, 0.25) is 0 Å². The maximum Gasteiger partial charge on any atom is 0.224 e. The summed E-state index contributed by atoms with van der Waals surface area (Å²) in [5, 5.41) is 6.12. The zero-order chi connectivity index (χ0) is 19.9. The van der Waals surface area contributed by atoms with Gasteiger partial charge in [0.05, 0.1) is 18.2 Å². The van der Waals surface area contributed by atoms with Gasteiger partial charge in [0.1, 0.15) is 0 Å². The molecule has 2 N–H and O–H groups in total. The van der Waals surface area contributed by atoms with Crippen LogP contribution in [-0.4, -0.2) is 60.1 Å². The Labute approximate surface area is 167 Å². The van der Waals surface area contributed by atoms with Crippen LogP contribution in [0.5, 0.6) is 0 Å². The van der Waals surface area contributed by atoms with E-state index in [9.17, 15) is 9.59 Å². The summed E-state index contributed by atoms with van der Waals surface area (Å²) in [6.45, 7) is 7.09. The summed E-state index contributed by atoms with van der Waals surface area (Å²) in [5.74, 6) is -0.0133. The molecule has 2 saturated heterocycles. The van der Waals surface area contributed by atoms with Gasteiger partial charge in [-0.25, -0.2) is 0 Å². The van der Waals surface area contributed by atoms with Crippen LogP contribution in [-0.2, 0) is 20.9 Å². The average Bonchev–Trinajstić information content (AvgIpc) is 2.89. The normalized spacial score (nSPS) is 24.4. The van der Waals surface area contributed by atoms with Crippen LogP contribution < -0.4 is 10.6 Å². The van der Waals surface area contributed by atoms with E-state index in [1.54, 1.807) is 13.1 Å². The lowest BCUT2D eigenvalue weighted by molar-refractivity contribution is -0.126. The zero-order valence-electron chi connectivity index (χ0n) is 16.9. The Hall–Kier alpha value is -1.99. The molecule has 1 aromatic heterocycles. The Bertz CT molecular complexity index is 675. The van der Waals surface area contributed by atoms with Gasteiger partial charge < -0.3 is 15.4 Å². The molecule has 0 spiro atoms. The Balaban J connectivity index is 1.63. The molecule has 7 heteroatoms. The maximum absolute atomic E-state index is 12.9. The lowest BCUT2D eigenvalue weighted by Gasteiger charge is -2.36. The van der Waals surface area contributed by atoms with Crippen molar-refractivity contribution in [2.45, 2.75) is 58.2 Å². The fourth-order valence-corrected chi connectivity index (χ4v) is 4.21. The van der Waals surface area contributed by atoms with Crippen LogP contribution in [0.15, 0.2) is 18.3 Å². The molecule has 2 aliphatic heterocycles. The van der Waals surface area contributed by atoms with E-state index in [-0.39, 0.29) is 23.8 Å². The lowest BCUT2D eigenvalue weighted by atomic mass is 10.00. The predicted molar refractivity (Wildman–Crippen MR) is 107 cm³/mol. The molecular weight excluding hydrogens is 356 g/mol. The summed E-state index contributed by atoms with van der Waals surface area (Å²) < 4.78 is 5.50. The van der Waals surface area contributed by atoms with Crippen molar-refractivity contribution in [1.29, 1.82) is 0 Å². The molecule has 2 aliphatic rings. The number of nitrogens with zero attached hydrogens (tertiary/aromatic N) is 2. The molecule has 154 valence electrons. The Morgan fingerprint density at radius 1 is 1.21 bits per heavy atom. The molecule has 1 aromatic rings. The number of aromatic nitrogens is 1. The van der Waals surface area contributed by atoms with E-state index in [0.29, 0.717) is 12.6 Å². The number of pyridine rings is 1. The number of ether oxygens (including phenoxy) is 1. The standard InChI is InChI=1S/C21H32N4O3/c1-15-5-8-22-19(11-15)12-23-21(27)17-3-4-18(24-16(2)26)14-25(13-17)20-6-9-28-10-7-20/h5,8,11,17-18,20H,3-4,6-7,9-10,12-14H2,1-2H3,(H,23,27)(H,24,26)/t17-,18+/m1/s1. The maximum atomic E-state index is 12.9. The van der Waals surface area contributed by atoms with Gasteiger partial charge in [0, 0.05) is 51.5 Å². The molecule has 3 heterocycles. The van der Waals surface area contributed by atoms with Crippen LogP contribution in [0.4, 0.5) is 0 Å². The first-order valence-corrected chi connectivity index (χ1v) is 10.3. The number of hydrogen-bond donors (Lipinski definition) is 2. The van der Waals surface area contributed by atoms with E-state index < -0.39 is 0 Å². The van der Waals surface area contributed by atoms with Crippen molar-refractivity contribution in [3.05, 3.63) is 29.6 Å². The first-order chi connectivity index (χ1) is 13.5. The van der Waals surface area contributed by atoms with Gasteiger partial charge in [-0.15, -0.1) is 0 Å². The van der Waals surface area contributed by atoms with Gasteiger partial charge >= 0.3 is 0 Å². The predicted octanol–water partition coefficient (Wildman–Crippen LogP) is 1.40. The van der Waals surface area contributed by atoms with Crippen LogP contribution in [0, 0.1) is 12.8 Å². The molecule has 0 bridgehead atoms. The number of aryl methyl sites for hydroxylation is 1. The third-order valence-electron chi connectivity index (χ3n) is 5.67. The quantitative estimate of drug-likeness (QED) is 0.797. The van der Waals surface area contributed by atoms with Crippen molar-refractivity contribution in [2.24, 2.45) is 5.92 Å². The number of likely N-dealkylation sites (tertiary alicyclic amines) is 1. The van der Waals surface area contributed by atoms with Crippen molar-refractivity contribution in [1.82, 2.24) is 20.5 Å². The fourth-order valence-electron chi connectivity index (χ4n) is 4.21. The van der Waals surface area contributed by atoms with Crippen molar-refractivity contribution < 1.29 is 14.3 Å². The van der Waals surface area contributed by atoms with Crippen molar-refractivity contribution in [3.8, 4) is 0 Å². The molecular formula is C21H32N4O3. The second-order valence-electron chi connectivity index (χ2n) is 8.01. The number of carbonyl (C=O) groups excluding carboxylic acids is 2. The minimum Gasteiger partial charge on any atom is -0.381 e. The summed E-state index contributed by atoms with van der Waals surface area (Å²) in [6.07, 6.45) is 5.33. The molecule has 0 saturated carbocycles. The van der Waals surface area contributed by atoms with Crippen LogP contribution in [0.1, 0.15) is 43.9 Å². The zero-order valence-corrected chi connectivity index (χ0v) is 16.9. The van der Waals surface area contributed by atoms with Crippen molar-refractivity contribution >= 4 is 11.8 Å². The number of carbonyl (C=O) groups is 2. The SMILES string of the molecule is CC(=O)N[C@H]1CC[C@@H](C(=O)NCc2cc(C)ccn2)CN(C2CCOCC2)C1. The summed E-state index contributed by atoms with van der Waals surface area (Å²) in [6, 6.07) is 4.45. The van der Waals surface area contributed by atoms with Crippen molar-refractivity contribution in [2.75, 3.05) is 26.3 Å². The van der Waals surface area contributed by atoms with Crippen LogP contribution >= 0.6 is 0 Å². The number of rotatable bonds is 5. The average molecular weight is 389 g/mol. The van der Waals surface area contributed by atoms with E-state index in [1.807, 2.05) is 19.1 Å². The molecule has 2 fully saturated rings. The molecule has 7 nitrogen and oxygen atoms in total. The van der Waals surface area contributed by atoms with E-state index in [4.69, 9.17) is 4.74 Å². The van der Waals surface area contributed by atoms with Gasteiger partial charge in [-0.1, -0.05) is 0 Å². The second-order valence-corrected chi connectivity index (χ2v) is 8.01. The Morgan fingerprint density at radius 3 is 2.71 bits per heavy atom. The van der Waals surface area contributed by atoms with Crippen LogP contribution in [0.25, 0.3) is 0 Å². The van der Waals surface area contributed by atoms with E-state index in [2.05, 4.69) is 20.5 Å². The minimum atomic E-state index is -0.0774. The molecule has 0 unspecified atom stereocenters. The second kappa shape index (κ2) is 9.98. The smallest absolute Gasteiger partial charge is 0.224 e. The van der Waals surface area contributed by atoms with E-state index >= 15 is 0 Å². The molecule has 2 amide bonds. The third-order valence-corrected chi connectivity index (χ3v) is 5.67. The summed E-state index contributed by atoms with van der Waals surface area (Å²) in [4.78, 5) is 31.2. The Kier molecular flexibility index (Phi) is 7.39. The van der Waals surface area contributed by atoms with Crippen LogP contribution in [0.3, 0.4) is 0 Å². The lowest BCUT2D eigenvalue weighted by Crippen LogP contribution is -2.48. The summed E-state index contributed by atoms with van der Waals surface area (Å²) in [7, 11) is 0. The first kappa shape index (κ1) is 20.7. The molecule has 0 radical (unpaired) electrons. The van der Waals surface area contributed by atoms with Gasteiger partial charge in [0.2, 0.25) is 11.8 Å². The highest BCUT2D eigenvalue weighted by molar-refractivity contribution is 5.79. The Morgan fingerprint density at radius 2 is 2.00 bits per heavy atom. The monoisotopic (exact) mass is 388 g/mol. The fraction of sp³-hybridized carbons (Fsp3) is 0.667. The minimum absolute atomic E-state index is 0.00893. The molecule has 3 rings (SSSR count). The highest BCUT2D eigenvalue weighted by atomic mass is 16.5. The summed E-state index contributed by atoms with van der Waals surface area (Å²) in [5.41, 5.74) is 2.01. The number of nitrogens with one attached hydrogen (secondary N) is 2. The number of hydrogen-bond acceptors (Lipinski definition) is 5. The summed E-state index contributed by atoms with van der Waals surface area (Å²) >= 11 is 0. The highest BCUT2D eigenvalue weighted by Crippen LogP contribution is 2.23. The van der Waals surface area contributed by atoms with Gasteiger partial charge in [-0.05, 0) is 50.3 Å².